The van der Waals surface area contributed by atoms with Crippen LogP contribution in [-0.4, -0.2) is 32.2 Å². The van der Waals surface area contributed by atoms with Crippen LogP contribution in [0, 0.1) is 0 Å². The number of aryl methyl sites for hydroxylation is 1. The van der Waals surface area contributed by atoms with E-state index >= 15 is 0 Å². The van der Waals surface area contributed by atoms with Gasteiger partial charge in [0.2, 0.25) is 0 Å². The van der Waals surface area contributed by atoms with Gasteiger partial charge < -0.3 is 5.32 Å². The minimum absolute atomic E-state index is 0.149. The van der Waals surface area contributed by atoms with E-state index in [9.17, 15) is 4.79 Å². The summed E-state index contributed by atoms with van der Waals surface area (Å²) in [6, 6.07) is 5.26. The van der Waals surface area contributed by atoms with E-state index in [-0.39, 0.29) is 5.91 Å². The van der Waals surface area contributed by atoms with E-state index in [1.54, 1.807) is 35.4 Å². The van der Waals surface area contributed by atoms with Crippen molar-refractivity contribution in [1.82, 2.24) is 25.1 Å². The molecule has 6 heteroatoms. The van der Waals surface area contributed by atoms with Gasteiger partial charge in [-0.1, -0.05) is 6.07 Å². The highest BCUT2D eigenvalue weighted by atomic mass is 16.1. The third-order valence-electron chi connectivity index (χ3n) is 2.21. The number of nitrogens with zero attached hydrogens (tertiary/aromatic N) is 4. The molecule has 0 unspecified atom stereocenters. The minimum atomic E-state index is -0.149. The van der Waals surface area contributed by atoms with Crippen LogP contribution < -0.4 is 5.32 Å². The van der Waals surface area contributed by atoms with Crippen molar-refractivity contribution in [3.05, 3.63) is 42.7 Å². The molecule has 0 spiro atoms. The molecule has 0 fully saturated rings. The molecule has 0 aromatic carbocycles. The zero-order chi connectivity index (χ0) is 11.9. The molecule has 0 radical (unpaired) electrons. The van der Waals surface area contributed by atoms with E-state index in [4.69, 9.17) is 0 Å². The predicted molar refractivity (Wildman–Crippen MR) is 61.2 cm³/mol. The van der Waals surface area contributed by atoms with Crippen molar-refractivity contribution in [1.29, 1.82) is 0 Å². The standard InChI is InChI=1S/C11H13N5O/c17-11(10-4-1-2-5-13-10)14-6-3-7-16-9-12-8-15-16/h1-2,4-5,8-9H,3,6-7H2,(H,14,17). The molecule has 2 rings (SSSR count). The highest BCUT2D eigenvalue weighted by molar-refractivity contribution is 5.92. The molecule has 0 aliphatic rings. The third kappa shape index (κ3) is 3.37. The molecule has 0 atom stereocenters. The van der Waals surface area contributed by atoms with Gasteiger partial charge in [-0.2, -0.15) is 5.10 Å². The Morgan fingerprint density at radius 2 is 2.35 bits per heavy atom. The van der Waals surface area contributed by atoms with Crippen LogP contribution >= 0.6 is 0 Å². The summed E-state index contributed by atoms with van der Waals surface area (Å²) < 4.78 is 1.73. The quantitative estimate of drug-likeness (QED) is 0.760. The van der Waals surface area contributed by atoms with Gasteiger partial charge in [-0.25, -0.2) is 4.98 Å². The maximum atomic E-state index is 11.6. The van der Waals surface area contributed by atoms with Crippen LogP contribution in [0.2, 0.25) is 0 Å². The Morgan fingerprint density at radius 3 is 3.06 bits per heavy atom. The lowest BCUT2D eigenvalue weighted by atomic mass is 10.3. The van der Waals surface area contributed by atoms with Crippen LogP contribution in [0.3, 0.4) is 0 Å². The SMILES string of the molecule is O=C(NCCCn1cncn1)c1ccccn1. The largest absolute Gasteiger partial charge is 0.351 e. The van der Waals surface area contributed by atoms with Crippen molar-refractivity contribution in [2.75, 3.05) is 6.54 Å². The van der Waals surface area contributed by atoms with Crippen LogP contribution in [0.4, 0.5) is 0 Å². The summed E-state index contributed by atoms with van der Waals surface area (Å²) in [5.74, 6) is -0.149. The molecule has 1 amide bonds. The van der Waals surface area contributed by atoms with Crippen LogP contribution in [0.1, 0.15) is 16.9 Å². The second kappa shape index (κ2) is 5.74. The number of amides is 1. The second-order valence-electron chi connectivity index (χ2n) is 3.48. The fourth-order valence-electron chi connectivity index (χ4n) is 1.38. The molecular formula is C11H13N5O. The van der Waals surface area contributed by atoms with Gasteiger partial charge in [0.25, 0.3) is 5.91 Å². The van der Waals surface area contributed by atoms with Gasteiger partial charge in [-0.05, 0) is 18.6 Å². The summed E-state index contributed by atoms with van der Waals surface area (Å²) in [5.41, 5.74) is 0.438. The molecule has 0 bridgehead atoms. The van der Waals surface area contributed by atoms with Crippen molar-refractivity contribution >= 4 is 5.91 Å². The Morgan fingerprint density at radius 1 is 1.41 bits per heavy atom. The van der Waals surface area contributed by atoms with Crippen LogP contribution in [0.25, 0.3) is 0 Å². The number of rotatable bonds is 5. The smallest absolute Gasteiger partial charge is 0.269 e. The molecule has 2 heterocycles. The summed E-state index contributed by atoms with van der Waals surface area (Å²) in [6.07, 6.45) is 5.55. The fourth-order valence-corrected chi connectivity index (χ4v) is 1.38. The van der Waals surface area contributed by atoms with Gasteiger partial charge >= 0.3 is 0 Å². The van der Waals surface area contributed by atoms with Crippen molar-refractivity contribution in [3.8, 4) is 0 Å². The van der Waals surface area contributed by atoms with Crippen LogP contribution in [-0.2, 0) is 6.54 Å². The molecule has 0 saturated heterocycles. The highest BCUT2D eigenvalue weighted by Gasteiger charge is 2.04. The summed E-state index contributed by atoms with van der Waals surface area (Å²) in [4.78, 5) is 19.4. The molecule has 1 N–H and O–H groups in total. The number of carbonyl (C=O) groups is 1. The monoisotopic (exact) mass is 231 g/mol. The summed E-state index contributed by atoms with van der Waals surface area (Å²) >= 11 is 0. The van der Waals surface area contributed by atoms with Gasteiger partial charge in [0, 0.05) is 19.3 Å². The lowest BCUT2D eigenvalue weighted by Crippen LogP contribution is -2.26. The Hall–Kier alpha value is -2.24. The van der Waals surface area contributed by atoms with E-state index < -0.39 is 0 Å². The summed E-state index contributed by atoms with van der Waals surface area (Å²) in [7, 11) is 0. The van der Waals surface area contributed by atoms with E-state index in [1.807, 2.05) is 0 Å². The van der Waals surface area contributed by atoms with E-state index in [1.165, 1.54) is 6.33 Å². The summed E-state index contributed by atoms with van der Waals surface area (Å²) in [6.45, 7) is 1.33. The number of nitrogens with one attached hydrogen (secondary N) is 1. The maximum absolute atomic E-state index is 11.6. The lowest BCUT2D eigenvalue weighted by Gasteiger charge is -2.04. The van der Waals surface area contributed by atoms with E-state index in [2.05, 4.69) is 20.4 Å². The first-order chi connectivity index (χ1) is 8.36. The van der Waals surface area contributed by atoms with Gasteiger partial charge in [-0.3, -0.25) is 14.5 Å². The number of carbonyl (C=O) groups excluding carboxylic acids is 1. The van der Waals surface area contributed by atoms with Gasteiger partial charge in [0.15, 0.2) is 0 Å². The van der Waals surface area contributed by atoms with Crippen molar-refractivity contribution in [3.63, 3.8) is 0 Å². The average Bonchev–Trinajstić information content (AvgIpc) is 2.88. The number of hydrogen-bond acceptors (Lipinski definition) is 4. The molecule has 6 nitrogen and oxygen atoms in total. The normalized spacial score (nSPS) is 10.1. The fraction of sp³-hybridized carbons (Fsp3) is 0.273. The Bertz CT molecular complexity index is 454. The van der Waals surface area contributed by atoms with Gasteiger partial charge in [0.05, 0.1) is 0 Å². The van der Waals surface area contributed by atoms with Crippen molar-refractivity contribution < 1.29 is 4.79 Å². The molecule has 0 aliphatic heterocycles. The summed E-state index contributed by atoms with van der Waals surface area (Å²) in [5, 5.41) is 6.77. The molecule has 88 valence electrons. The van der Waals surface area contributed by atoms with Crippen molar-refractivity contribution in [2.45, 2.75) is 13.0 Å². The highest BCUT2D eigenvalue weighted by Crippen LogP contribution is 1.93. The lowest BCUT2D eigenvalue weighted by molar-refractivity contribution is 0.0947. The predicted octanol–water partition coefficient (Wildman–Crippen LogP) is 0.493. The van der Waals surface area contributed by atoms with Gasteiger partial charge in [0.1, 0.15) is 18.3 Å². The Kier molecular flexibility index (Phi) is 3.80. The molecule has 2 aromatic rings. The number of pyridine rings is 1. The van der Waals surface area contributed by atoms with E-state index in [0.29, 0.717) is 12.2 Å². The average molecular weight is 231 g/mol. The molecular weight excluding hydrogens is 218 g/mol. The molecule has 17 heavy (non-hydrogen) atoms. The first kappa shape index (κ1) is 11.3. The first-order valence-corrected chi connectivity index (χ1v) is 5.38. The van der Waals surface area contributed by atoms with Gasteiger partial charge in [-0.15, -0.1) is 0 Å². The van der Waals surface area contributed by atoms with E-state index in [0.717, 1.165) is 13.0 Å². The zero-order valence-corrected chi connectivity index (χ0v) is 9.28. The maximum Gasteiger partial charge on any atom is 0.269 e. The number of aromatic nitrogens is 4. The molecule has 2 aromatic heterocycles. The van der Waals surface area contributed by atoms with Crippen LogP contribution in [0.15, 0.2) is 37.1 Å². The third-order valence-corrected chi connectivity index (χ3v) is 2.21. The first-order valence-electron chi connectivity index (χ1n) is 5.38. The minimum Gasteiger partial charge on any atom is -0.351 e. The Labute approximate surface area is 98.7 Å². The van der Waals surface area contributed by atoms with Crippen molar-refractivity contribution in [2.24, 2.45) is 0 Å². The Balaban J connectivity index is 1.70. The zero-order valence-electron chi connectivity index (χ0n) is 9.28. The molecule has 0 saturated carbocycles. The number of hydrogen-bond donors (Lipinski definition) is 1. The van der Waals surface area contributed by atoms with Crippen LogP contribution in [0.5, 0.6) is 0 Å². The molecule has 0 aliphatic carbocycles. The topological polar surface area (TPSA) is 72.7 Å². The second-order valence-corrected chi connectivity index (χ2v) is 3.48.